The van der Waals surface area contributed by atoms with Crippen LogP contribution in [-0.4, -0.2) is 36.3 Å². The highest BCUT2D eigenvalue weighted by Crippen LogP contribution is 2.49. The van der Waals surface area contributed by atoms with Gasteiger partial charge in [0.2, 0.25) is 11.8 Å². The minimum Gasteiger partial charge on any atom is -0.303 e. The van der Waals surface area contributed by atoms with E-state index in [0.717, 1.165) is 18.5 Å². The van der Waals surface area contributed by atoms with Gasteiger partial charge in [0.25, 0.3) is 0 Å². The molecule has 0 saturated carbocycles. The number of nitrogens with one attached hydrogen (secondary N) is 1. The zero-order valence-corrected chi connectivity index (χ0v) is 12.8. The number of likely N-dealkylation sites (tertiary alicyclic amines) is 1. The van der Waals surface area contributed by atoms with Crippen molar-refractivity contribution in [1.82, 2.24) is 10.2 Å². The molecule has 0 bridgehead atoms. The summed E-state index contributed by atoms with van der Waals surface area (Å²) < 4.78 is 0. The molecule has 2 aliphatic rings. The Labute approximate surface area is 125 Å². The average Bonchev–Trinajstić information content (AvgIpc) is 2.66. The van der Waals surface area contributed by atoms with E-state index in [1.807, 2.05) is 31.2 Å². The van der Waals surface area contributed by atoms with Crippen LogP contribution in [0.2, 0.25) is 0 Å². The summed E-state index contributed by atoms with van der Waals surface area (Å²) in [6.45, 7) is 5.00. The minimum absolute atomic E-state index is 0.133. The Bertz CT molecular complexity index is 569. The molecule has 1 aromatic rings. The van der Waals surface area contributed by atoms with E-state index in [1.165, 1.54) is 5.56 Å². The van der Waals surface area contributed by atoms with Gasteiger partial charge < -0.3 is 4.90 Å². The zero-order valence-electron chi connectivity index (χ0n) is 12.8. The molecular formula is C17H22N2O2. The van der Waals surface area contributed by atoms with E-state index in [2.05, 4.69) is 24.2 Å². The number of benzene rings is 1. The summed E-state index contributed by atoms with van der Waals surface area (Å²) in [4.78, 5) is 26.7. The Hall–Kier alpha value is -1.68. The van der Waals surface area contributed by atoms with E-state index in [4.69, 9.17) is 0 Å². The number of piperidine rings is 1. The first-order valence-corrected chi connectivity index (χ1v) is 7.52. The monoisotopic (exact) mass is 286 g/mol. The van der Waals surface area contributed by atoms with Crippen molar-refractivity contribution in [3.8, 4) is 0 Å². The van der Waals surface area contributed by atoms with E-state index < -0.39 is 0 Å². The van der Waals surface area contributed by atoms with Crippen molar-refractivity contribution in [1.29, 1.82) is 0 Å². The number of amides is 2. The molecule has 4 nitrogen and oxygen atoms in total. The maximum absolute atomic E-state index is 12.5. The molecule has 2 amide bonds. The second-order valence-electron chi connectivity index (χ2n) is 6.76. The van der Waals surface area contributed by atoms with E-state index in [9.17, 15) is 9.59 Å². The first-order chi connectivity index (χ1) is 9.91. The van der Waals surface area contributed by atoms with Crippen LogP contribution in [0.5, 0.6) is 0 Å². The topological polar surface area (TPSA) is 49.4 Å². The van der Waals surface area contributed by atoms with Crippen molar-refractivity contribution in [2.75, 3.05) is 13.6 Å². The van der Waals surface area contributed by atoms with E-state index in [1.54, 1.807) is 0 Å². The molecule has 0 radical (unpaired) electrons. The Balaban J connectivity index is 2.03. The standard InChI is InChI=1S/C17H22N2O2/c1-11-4-6-13(7-5-11)15-16(21)18-14(20)9-17(15)8-12(2)19(3)10-17/h4-7,12,15H,8-10H2,1-3H3,(H,18,20,21). The summed E-state index contributed by atoms with van der Waals surface area (Å²) in [6, 6.07) is 8.53. The molecule has 2 saturated heterocycles. The van der Waals surface area contributed by atoms with Gasteiger partial charge in [-0.1, -0.05) is 29.8 Å². The van der Waals surface area contributed by atoms with Crippen LogP contribution in [0, 0.1) is 12.3 Å². The van der Waals surface area contributed by atoms with Crippen LogP contribution >= 0.6 is 0 Å². The number of aryl methyl sites for hydroxylation is 1. The summed E-state index contributed by atoms with van der Waals surface area (Å²) in [6.07, 6.45) is 1.33. The Morgan fingerprint density at radius 3 is 2.48 bits per heavy atom. The van der Waals surface area contributed by atoms with Crippen LogP contribution in [0.3, 0.4) is 0 Å². The van der Waals surface area contributed by atoms with Crippen molar-refractivity contribution in [2.24, 2.45) is 5.41 Å². The number of hydrogen-bond acceptors (Lipinski definition) is 3. The molecule has 3 unspecified atom stereocenters. The smallest absolute Gasteiger partial charge is 0.234 e. The fourth-order valence-electron chi connectivity index (χ4n) is 4.02. The maximum atomic E-state index is 12.5. The van der Waals surface area contributed by atoms with Gasteiger partial charge in [0, 0.05) is 24.4 Å². The second-order valence-corrected chi connectivity index (χ2v) is 6.76. The molecule has 2 fully saturated rings. The normalized spacial score (nSPS) is 33.5. The first-order valence-electron chi connectivity index (χ1n) is 7.52. The lowest BCUT2D eigenvalue weighted by Gasteiger charge is -2.39. The molecule has 4 heteroatoms. The fourth-order valence-corrected chi connectivity index (χ4v) is 4.02. The highest BCUT2D eigenvalue weighted by molar-refractivity contribution is 6.02. The molecule has 1 N–H and O–H groups in total. The van der Waals surface area contributed by atoms with Gasteiger partial charge in [-0.25, -0.2) is 0 Å². The Kier molecular flexibility index (Phi) is 3.36. The van der Waals surface area contributed by atoms with Crippen molar-refractivity contribution in [3.63, 3.8) is 0 Å². The van der Waals surface area contributed by atoms with Crippen LogP contribution in [0.4, 0.5) is 0 Å². The van der Waals surface area contributed by atoms with Crippen molar-refractivity contribution >= 4 is 11.8 Å². The molecule has 112 valence electrons. The highest BCUT2D eigenvalue weighted by Gasteiger charge is 2.53. The van der Waals surface area contributed by atoms with Gasteiger partial charge in [0.15, 0.2) is 0 Å². The third kappa shape index (κ3) is 2.38. The number of rotatable bonds is 1. The Morgan fingerprint density at radius 1 is 1.24 bits per heavy atom. The summed E-state index contributed by atoms with van der Waals surface area (Å²) in [5.41, 5.74) is 1.94. The molecule has 21 heavy (non-hydrogen) atoms. The minimum atomic E-state index is -0.261. The quantitative estimate of drug-likeness (QED) is 0.801. The van der Waals surface area contributed by atoms with Gasteiger partial charge in [-0.3, -0.25) is 14.9 Å². The third-order valence-corrected chi connectivity index (χ3v) is 5.08. The number of nitrogens with zero attached hydrogens (tertiary/aromatic N) is 1. The molecule has 3 atom stereocenters. The zero-order chi connectivity index (χ0) is 15.2. The van der Waals surface area contributed by atoms with E-state index >= 15 is 0 Å². The van der Waals surface area contributed by atoms with Gasteiger partial charge in [-0.2, -0.15) is 0 Å². The molecule has 2 aliphatic heterocycles. The molecular weight excluding hydrogens is 264 g/mol. The van der Waals surface area contributed by atoms with E-state index in [0.29, 0.717) is 12.5 Å². The number of carbonyl (C=O) groups excluding carboxylic acids is 2. The highest BCUT2D eigenvalue weighted by atomic mass is 16.2. The summed E-state index contributed by atoms with van der Waals surface area (Å²) in [5, 5.41) is 2.53. The molecule has 2 heterocycles. The lowest BCUT2D eigenvalue weighted by Crippen LogP contribution is -2.51. The predicted octanol–water partition coefficient (Wildman–Crippen LogP) is 1.84. The third-order valence-electron chi connectivity index (χ3n) is 5.08. The molecule has 0 aliphatic carbocycles. The van der Waals surface area contributed by atoms with Gasteiger partial charge in [-0.15, -0.1) is 0 Å². The largest absolute Gasteiger partial charge is 0.303 e. The second kappa shape index (κ2) is 4.95. The molecule has 0 aromatic heterocycles. The fraction of sp³-hybridized carbons (Fsp3) is 0.529. The van der Waals surface area contributed by atoms with Crippen LogP contribution in [-0.2, 0) is 9.59 Å². The molecule has 1 spiro atoms. The predicted molar refractivity (Wildman–Crippen MR) is 80.8 cm³/mol. The van der Waals surface area contributed by atoms with Crippen molar-refractivity contribution in [2.45, 2.75) is 38.6 Å². The van der Waals surface area contributed by atoms with Gasteiger partial charge >= 0.3 is 0 Å². The van der Waals surface area contributed by atoms with Crippen LogP contribution in [0.15, 0.2) is 24.3 Å². The SMILES string of the molecule is Cc1ccc(C2C(=O)NC(=O)CC23CC(C)N(C)C3)cc1. The summed E-state index contributed by atoms with van der Waals surface area (Å²) >= 11 is 0. The Morgan fingerprint density at radius 2 is 1.90 bits per heavy atom. The van der Waals surface area contributed by atoms with Crippen molar-refractivity contribution < 1.29 is 9.59 Å². The number of carbonyl (C=O) groups is 2. The first kappa shape index (κ1) is 14.3. The van der Waals surface area contributed by atoms with Gasteiger partial charge in [0.1, 0.15) is 0 Å². The van der Waals surface area contributed by atoms with Crippen molar-refractivity contribution in [3.05, 3.63) is 35.4 Å². The van der Waals surface area contributed by atoms with Crippen LogP contribution < -0.4 is 5.32 Å². The number of hydrogen-bond donors (Lipinski definition) is 1. The maximum Gasteiger partial charge on any atom is 0.234 e. The lowest BCUT2D eigenvalue weighted by molar-refractivity contribution is -0.139. The number of imide groups is 1. The molecule has 1 aromatic carbocycles. The average molecular weight is 286 g/mol. The summed E-state index contributed by atoms with van der Waals surface area (Å²) in [5.74, 6) is -0.508. The van der Waals surface area contributed by atoms with Crippen LogP contribution in [0.25, 0.3) is 0 Å². The molecule has 3 rings (SSSR count). The summed E-state index contributed by atoms with van der Waals surface area (Å²) in [7, 11) is 2.07. The van der Waals surface area contributed by atoms with Gasteiger partial charge in [-0.05, 0) is 32.9 Å². The van der Waals surface area contributed by atoms with E-state index in [-0.39, 0.29) is 23.1 Å². The van der Waals surface area contributed by atoms with Crippen LogP contribution in [0.1, 0.15) is 36.8 Å². The lowest BCUT2D eigenvalue weighted by atomic mass is 9.66. The van der Waals surface area contributed by atoms with Gasteiger partial charge in [0.05, 0.1) is 5.92 Å².